The van der Waals surface area contributed by atoms with Gasteiger partial charge >= 0.3 is 6.18 Å². The van der Waals surface area contributed by atoms with Gasteiger partial charge in [0.25, 0.3) is 0 Å². The molecule has 20 heavy (non-hydrogen) atoms. The van der Waals surface area contributed by atoms with Crippen molar-refractivity contribution in [2.75, 3.05) is 18.0 Å². The molecule has 110 valence electrons. The van der Waals surface area contributed by atoms with Crippen LogP contribution in [-0.2, 0) is 11.0 Å². The minimum Gasteiger partial charge on any atom is -0.369 e. The third-order valence-corrected chi connectivity index (χ3v) is 3.37. The maximum atomic E-state index is 12.7. The molecule has 2 N–H and O–H groups in total. The predicted octanol–water partition coefficient (Wildman–Crippen LogP) is 1.85. The number of carbonyl (C=O) groups excluding carboxylic acids is 1. The van der Waals surface area contributed by atoms with Crippen molar-refractivity contribution >= 4 is 23.3 Å². The zero-order valence-corrected chi connectivity index (χ0v) is 11.1. The Balaban J connectivity index is 2.18. The SMILES string of the molecule is NC(=O)C1CCN(c2cc(C(F)(F)F)nc(Cl)n2)CC1. The Morgan fingerprint density at radius 1 is 1.35 bits per heavy atom. The number of alkyl halides is 3. The van der Waals surface area contributed by atoms with E-state index in [1.54, 1.807) is 4.90 Å². The molecule has 9 heteroatoms. The van der Waals surface area contributed by atoms with Crippen LogP contribution in [0.1, 0.15) is 18.5 Å². The van der Waals surface area contributed by atoms with Crippen LogP contribution in [0.3, 0.4) is 0 Å². The summed E-state index contributed by atoms with van der Waals surface area (Å²) in [6.07, 6.45) is -3.61. The lowest BCUT2D eigenvalue weighted by molar-refractivity contribution is -0.141. The molecule has 0 aromatic carbocycles. The lowest BCUT2D eigenvalue weighted by atomic mass is 9.96. The summed E-state index contributed by atoms with van der Waals surface area (Å²) in [4.78, 5) is 19.7. The fraction of sp³-hybridized carbons (Fsp3) is 0.545. The summed E-state index contributed by atoms with van der Waals surface area (Å²) >= 11 is 5.53. The lowest BCUT2D eigenvalue weighted by Gasteiger charge is -2.31. The highest BCUT2D eigenvalue weighted by Crippen LogP contribution is 2.31. The quantitative estimate of drug-likeness (QED) is 0.846. The molecule has 0 radical (unpaired) electrons. The van der Waals surface area contributed by atoms with E-state index in [0.717, 1.165) is 6.07 Å². The zero-order valence-electron chi connectivity index (χ0n) is 10.3. The smallest absolute Gasteiger partial charge is 0.369 e. The van der Waals surface area contributed by atoms with Gasteiger partial charge in [-0.1, -0.05) is 0 Å². The number of halogens is 4. The highest BCUT2D eigenvalue weighted by molar-refractivity contribution is 6.28. The number of nitrogens with zero attached hydrogens (tertiary/aromatic N) is 3. The normalized spacial score (nSPS) is 17.3. The standard InChI is InChI=1S/C11H12ClF3N4O/c12-10-17-7(11(13,14)15)5-8(18-10)19-3-1-6(2-4-19)9(16)20/h5-6H,1-4H2,(H2,16,20). The third-order valence-electron chi connectivity index (χ3n) is 3.20. The van der Waals surface area contributed by atoms with Crippen molar-refractivity contribution < 1.29 is 18.0 Å². The summed E-state index contributed by atoms with van der Waals surface area (Å²) in [6, 6.07) is 0.858. The largest absolute Gasteiger partial charge is 0.433 e. The van der Waals surface area contributed by atoms with Gasteiger partial charge < -0.3 is 10.6 Å². The molecule has 1 aliphatic heterocycles. The van der Waals surface area contributed by atoms with E-state index in [-0.39, 0.29) is 17.6 Å². The summed E-state index contributed by atoms with van der Waals surface area (Å²) in [5, 5.41) is -0.452. The van der Waals surface area contributed by atoms with Gasteiger partial charge in [0.15, 0.2) is 5.69 Å². The molecule has 0 atom stereocenters. The maximum Gasteiger partial charge on any atom is 0.433 e. The highest BCUT2D eigenvalue weighted by Gasteiger charge is 2.34. The van der Waals surface area contributed by atoms with E-state index >= 15 is 0 Å². The number of primary amides is 1. The van der Waals surface area contributed by atoms with Gasteiger partial charge in [-0.25, -0.2) is 9.97 Å². The van der Waals surface area contributed by atoms with Crippen LogP contribution in [0.15, 0.2) is 6.07 Å². The molecule has 0 spiro atoms. The van der Waals surface area contributed by atoms with E-state index in [2.05, 4.69) is 9.97 Å². The van der Waals surface area contributed by atoms with Gasteiger partial charge in [0.1, 0.15) is 5.82 Å². The van der Waals surface area contributed by atoms with E-state index in [1.807, 2.05) is 0 Å². The Morgan fingerprint density at radius 3 is 2.45 bits per heavy atom. The molecule has 1 saturated heterocycles. The molecule has 1 fully saturated rings. The number of nitrogens with two attached hydrogens (primary N) is 1. The predicted molar refractivity (Wildman–Crippen MR) is 66.2 cm³/mol. The molecule has 0 unspecified atom stereocenters. The average molecular weight is 309 g/mol. The summed E-state index contributed by atoms with van der Waals surface area (Å²) in [6.45, 7) is 0.802. The third kappa shape index (κ3) is 3.30. The summed E-state index contributed by atoms with van der Waals surface area (Å²) in [5.74, 6) is -0.521. The molecular weight excluding hydrogens is 297 g/mol. The minimum atomic E-state index is -4.58. The van der Waals surface area contributed by atoms with Gasteiger partial charge in [-0.3, -0.25) is 4.79 Å². The molecule has 1 amide bonds. The molecule has 0 bridgehead atoms. The number of amides is 1. The summed E-state index contributed by atoms with van der Waals surface area (Å²) in [5.41, 5.74) is 4.12. The number of hydrogen-bond donors (Lipinski definition) is 1. The van der Waals surface area contributed by atoms with Crippen LogP contribution in [0, 0.1) is 5.92 Å². The Hall–Kier alpha value is -1.57. The summed E-state index contributed by atoms with van der Waals surface area (Å²) in [7, 11) is 0. The summed E-state index contributed by atoms with van der Waals surface area (Å²) < 4.78 is 38.0. The molecule has 1 aromatic heterocycles. The fourth-order valence-corrected chi connectivity index (χ4v) is 2.28. The second-order valence-electron chi connectivity index (χ2n) is 4.54. The first-order valence-corrected chi connectivity index (χ1v) is 6.31. The van der Waals surface area contributed by atoms with Crippen LogP contribution >= 0.6 is 11.6 Å². The van der Waals surface area contributed by atoms with Crippen molar-refractivity contribution in [3.63, 3.8) is 0 Å². The number of rotatable bonds is 2. The number of hydrogen-bond acceptors (Lipinski definition) is 4. The first kappa shape index (κ1) is 14.8. The van der Waals surface area contributed by atoms with Crippen molar-refractivity contribution in [2.45, 2.75) is 19.0 Å². The molecule has 0 aliphatic carbocycles. The average Bonchev–Trinajstić information content (AvgIpc) is 2.37. The van der Waals surface area contributed by atoms with Crippen LogP contribution in [0.2, 0.25) is 5.28 Å². The molecule has 5 nitrogen and oxygen atoms in total. The van der Waals surface area contributed by atoms with Crippen LogP contribution in [0.5, 0.6) is 0 Å². The topological polar surface area (TPSA) is 72.1 Å². The Bertz CT molecular complexity index is 515. The molecule has 1 aliphatic rings. The van der Waals surface area contributed by atoms with E-state index in [4.69, 9.17) is 17.3 Å². The number of anilines is 1. The number of piperidine rings is 1. The maximum absolute atomic E-state index is 12.7. The molecule has 0 saturated carbocycles. The number of aromatic nitrogens is 2. The second kappa shape index (κ2) is 5.43. The Kier molecular flexibility index (Phi) is 4.03. The molecule has 1 aromatic rings. The van der Waals surface area contributed by atoms with Crippen LogP contribution in [0.25, 0.3) is 0 Å². The van der Waals surface area contributed by atoms with Crippen LogP contribution in [-0.4, -0.2) is 29.0 Å². The van der Waals surface area contributed by atoms with Crippen molar-refractivity contribution in [1.82, 2.24) is 9.97 Å². The Morgan fingerprint density at radius 2 is 1.95 bits per heavy atom. The second-order valence-corrected chi connectivity index (χ2v) is 4.88. The van der Waals surface area contributed by atoms with Crippen molar-refractivity contribution in [3.8, 4) is 0 Å². The zero-order chi connectivity index (χ0) is 14.9. The highest BCUT2D eigenvalue weighted by atomic mass is 35.5. The van der Waals surface area contributed by atoms with Crippen LogP contribution in [0.4, 0.5) is 19.0 Å². The van der Waals surface area contributed by atoms with Gasteiger partial charge in [-0.15, -0.1) is 0 Å². The van der Waals surface area contributed by atoms with Crippen molar-refractivity contribution in [3.05, 3.63) is 17.0 Å². The van der Waals surface area contributed by atoms with Gasteiger partial charge in [0.2, 0.25) is 11.2 Å². The molecule has 2 heterocycles. The monoisotopic (exact) mass is 308 g/mol. The van der Waals surface area contributed by atoms with Gasteiger partial charge in [0, 0.05) is 25.1 Å². The minimum absolute atomic E-state index is 0.111. The lowest BCUT2D eigenvalue weighted by Crippen LogP contribution is -2.39. The molecular formula is C11H12ClF3N4O. The van der Waals surface area contributed by atoms with E-state index < -0.39 is 17.2 Å². The van der Waals surface area contributed by atoms with Gasteiger partial charge in [-0.2, -0.15) is 13.2 Å². The first-order valence-electron chi connectivity index (χ1n) is 5.93. The fourth-order valence-electron chi connectivity index (χ4n) is 2.11. The molecule has 2 rings (SSSR count). The van der Waals surface area contributed by atoms with Gasteiger partial charge in [-0.05, 0) is 24.4 Å². The Labute approximate surface area is 117 Å². The first-order chi connectivity index (χ1) is 9.27. The number of carbonyl (C=O) groups is 1. The van der Waals surface area contributed by atoms with Gasteiger partial charge in [0.05, 0.1) is 0 Å². The van der Waals surface area contributed by atoms with Crippen molar-refractivity contribution in [2.24, 2.45) is 11.7 Å². The van der Waals surface area contributed by atoms with E-state index in [0.29, 0.717) is 25.9 Å². The van der Waals surface area contributed by atoms with Crippen molar-refractivity contribution in [1.29, 1.82) is 0 Å². The van der Waals surface area contributed by atoms with E-state index in [1.165, 1.54) is 0 Å². The van der Waals surface area contributed by atoms with E-state index in [9.17, 15) is 18.0 Å². The van der Waals surface area contributed by atoms with Crippen LogP contribution < -0.4 is 10.6 Å².